The minimum atomic E-state index is -4.58. The third-order valence-corrected chi connectivity index (χ3v) is 4.26. The first-order valence-corrected chi connectivity index (χ1v) is 9.47. The maximum Gasteiger partial charge on any atom is 0.416 e. The summed E-state index contributed by atoms with van der Waals surface area (Å²) in [5, 5.41) is 6.20. The highest BCUT2D eigenvalue weighted by molar-refractivity contribution is 5.92. The summed E-state index contributed by atoms with van der Waals surface area (Å²) >= 11 is 0. The highest BCUT2D eigenvalue weighted by Gasteiger charge is 2.31. The van der Waals surface area contributed by atoms with Crippen molar-refractivity contribution in [3.05, 3.63) is 59.7 Å². The van der Waals surface area contributed by atoms with E-state index >= 15 is 0 Å². The number of nitrogens with one attached hydrogen (secondary N) is 1. The average molecular weight is 453 g/mol. The number of ether oxygens (including phenoxy) is 2. The van der Waals surface area contributed by atoms with E-state index in [9.17, 15) is 22.4 Å². The van der Waals surface area contributed by atoms with Crippen molar-refractivity contribution in [2.75, 3.05) is 25.6 Å². The van der Waals surface area contributed by atoms with E-state index in [4.69, 9.17) is 14.0 Å². The fraction of sp³-hybridized carbons (Fsp3) is 0.286. The molecular formula is C21H19F4N3O4. The predicted octanol–water partition coefficient (Wildman–Crippen LogP) is 4.49. The van der Waals surface area contributed by atoms with Gasteiger partial charge in [-0.3, -0.25) is 4.79 Å². The minimum Gasteiger partial charge on any atom is -0.489 e. The number of amides is 1. The van der Waals surface area contributed by atoms with E-state index in [1.807, 2.05) is 0 Å². The van der Waals surface area contributed by atoms with E-state index < -0.39 is 23.5 Å². The molecule has 0 aliphatic rings. The summed E-state index contributed by atoms with van der Waals surface area (Å²) < 4.78 is 67.5. The summed E-state index contributed by atoms with van der Waals surface area (Å²) in [6.07, 6.45) is -4.65. The van der Waals surface area contributed by atoms with E-state index in [2.05, 4.69) is 15.5 Å². The number of aryl methyl sites for hydroxylation is 1. The number of benzene rings is 2. The predicted molar refractivity (Wildman–Crippen MR) is 105 cm³/mol. The highest BCUT2D eigenvalue weighted by Crippen LogP contribution is 2.35. The minimum absolute atomic E-state index is 0.0544. The van der Waals surface area contributed by atoms with Gasteiger partial charge >= 0.3 is 6.18 Å². The van der Waals surface area contributed by atoms with Gasteiger partial charge in [-0.15, -0.1) is 0 Å². The fourth-order valence-corrected chi connectivity index (χ4v) is 2.67. The van der Waals surface area contributed by atoms with Crippen LogP contribution in [0.25, 0.3) is 11.4 Å². The number of carbonyl (C=O) groups is 1. The van der Waals surface area contributed by atoms with Gasteiger partial charge in [0.2, 0.25) is 17.6 Å². The fourth-order valence-electron chi connectivity index (χ4n) is 2.67. The zero-order valence-corrected chi connectivity index (χ0v) is 16.9. The lowest BCUT2D eigenvalue weighted by Gasteiger charge is -2.15. The van der Waals surface area contributed by atoms with Crippen LogP contribution in [0.15, 0.2) is 47.0 Å². The summed E-state index contributed by atoms with van der Waals surface area (Å²) in [5.74, 6) is -0.510. The molecule has 1 heterocycles. The van der Waals surface area contributed by atoms with Crippen molar-refractivity contribution in [1.82, 2.24) is 10.1 Å². The maximum absolute atomic E-state index is 13.1. The van der Waals surface area contributed by atoms with Crippen LogP contribution < -0.4 is 10.1 Å². The van der Waals surface area contributed by atoms with Gasteiger partial charge in [-0.25, -0.2) is 4.39 Å². The molecule has 11 heteroatoms. The van der Waals surface area contributed by atoms with Crippen molar-refractivity contribution in [3.8, 4) is 17.1 Å². The Balaban J connectivity index is 1.65. The van der Waals surface area contributed by atoms with E-state index in [1.54, 1.807) is 0 Å². The standard InChI is InChI=1S/C21H19F4N3O4/c1-30-10-11-31-17-7-4-14(21(23,24)25)12-16(17)26-18(29)8-9-19-27-20(28-32-19)13-2-5-15(22)6-3-13/h2-7,12H,8-11H2,1H3,(H,26,29). The van der Waals surface area contributed by atoms with Crippen molar-refractivity contribution in [1.29, 1.82) is 0 Å². The van der Waals surface area contributed by atoms with Gasteiger partial charge in [-0.2, -0.15) is 18.2 Å². The molecule has 0 saturated heterocycles. The smallest absolute Gasteiger partial charge is 0.416 e. The van der Waals surface area contributed by atoms with E-state index in [-0.39, 0.29) is 49.2 Å². The molecule has 3 rings (SSSR count). The van der Waals surface area contributed by atoms with Crippen molar-refractivity contribution >= 4 is 11.6 Å². The monoisotopic (exact) mass is 453 g/mol. The number of hydrogen-bond donors (Lipinski definition) is 1. The Morgan fingerprint density at radius 1 is 1.12 bits per heavy atom. The van der Waals surface area contributed by atoms with Gasteiger partial charge in [-0.1, -0.05) is 5.16 Å². The molecule has 1 amide bonds. The van der Waals surface area contributed by atoms with Crippen LogP contribution in [0.5, 0.6) is 5.75 Å². The Morgan fingerprint density at radius 2 is 1.88 bits per heavy atom. The summed E-state index contributed by atoms with van der Waals surface area (Å²) in [5.41, 5.74) is -0.501. The summed E-state index contributed by atoms with van der Waals surface area (Å²) in [4.78, 5) is 16.5. The maximum atomic E-state index is 13.1. The van der Waals surface area contributed by atoms with Crippen molar-refractivity contribution in [2.24, 2.45) is 0 Å². The lowest BCUT2D eigenvalue weighted by Crippen LogP contribution is -2.15. The van der Waals surface area contributed by atoms with Gasteiger partial charge in [0.05, 0.1) is 17.9 Å². The van der Waals surface area contributed by atoms with Gasteiger partial charge < -0.3 is 19.3 Å². The van der Waals surface area contributed by atoms with Gasteiger partial charge in [-0.05, 0) is 42.5 Å². The van der Waals surface area contributed by atoms with Gasteiger partial charge in [0.15, 0.2) is 0 Å². The summed E-state index contributed by atoms with van der Waals surface area (Å²) in [6, 6.07) is 8.28. The van der Waals surface area contributed by atoms with Gasteiger partial charge in [0.25, 0.3) is 0 Å². The third-order valence-electron chi connectivity index (χ3n) is 4.26. The van der Waals surface area contributed by atoms with Crippen molar-refractivity contribution in [2.45, 2.75) is 19.0 Å². The van der Waals surface area contributed by atoms with Crippen LogP contribution in [0.1, 0.15) is 17.9 Å². The third kappa shape index (κ3) is 6.27. The lowest BCUT2D eigenvalue weighted by atomic mass is 10.1. The molecule has 0 aliphatic heterocycles. The van der Waals surface area contributed by atoms with Crippen molar-refractivity contribution < 1.29 is 36.4 Å². The molecule has 1 aromatic heterocycles. The lowest BCUT2D eigenvalue weighted by molar-refractivity contribution is -0.137. The zero-order chi connectivity index (χ0) is 23.1. The van der Waals surface area contributed by atoms with Gasteiger partial charge in [0, 0.05) is 25.5 Å². The number of aromatic nitrogens is 2. The first-order valence-electron chi connectivity index (χ1n) is 9.47. The molecule has 0 spiro atoms. The van der Waals surface area contributed by atoms with E-state index in [0.717, 1.165) is 18.2 Å². The second-order valence-corrected chi connectivity index (χ2v) is 6.62. The Labute approximate surface area is 180 Å². The Morgan fingerprint density at radius 3 is 2.56 bits per heavy atom. The molecule has 7 nitrogen and oxygen atoms in total. The Kier molecular flexibility index (Phi) is 7.41. The van der Waals surface area contributed by atoms with Crippen LogP contribution in [-0.4, -0.2) is 36.4 Å². The van der Waals surface area contributed by atoms with Crippen LogP contribution in [0.4, 0.5) is 23.2 Å². The molecule has 0 bridgehead atoms. The molecule has 170 valence electrons. The molecule has 32 heavy (non-hydrogen) atoms. The molecule has 2 aromatic carbocycles. The number of hydrogen-bond acceptors (Lipinski definition) is 6. The highest BCUT2D eigenvalue weighted by atomic mass is 19.4. The number of nitrogens with zero attached hydrogens (tertiary/aromatic N) is 2. The van der Waals surface area contributed by atoms with E-state index in [0.29, 0.717) is 5.56 Å². The number of alkyl halides is 3. The molecule has 0 saturated carbocycles. The molecule has 0 radical (unpaired) electrons. The average Bonchev–Trinajstić information content (AvgIpc) is 3.22. The Hall–Kier alpha value is -3.47. The number of rotatable bonds is 9. The first kappa shape index (κ1) is 23.2. The Bertz CT molecular complexity index is 1050. The number of methoxy groups -OCH3 is 1. The van der Waals surface area contributed by atoms with Crippen LogP contribution in [0, 0.1) is 5.82 Å². The number of halogens is 4. The summed E-state index contributed by atoms with van der Waals surface area (Å²) in [7, 11) is 1.46. The summed E-state index contributed by atoms with van der Waals surface area (Å²) in [6.45, 7) is 0.320. The van der Waals surface area contributed by atoms with E-state index in [1.165, 1.54) is 31.4 Å². The van der Waals surface area contributed by atoms with Crippen LogP contribution in [0.3, 0.4) is 0 Å². The molecule has 0 unspecified atom stereocenters. The molecular weight excluding hydrogens is 434 g/mol. The quantitative estimate of drug-likeness (QED) is 0.380. The second-order valence-electron chi connectivity index (χ2n) is 6.62. The molecule has 0 atom stereocenters. The largest absolute Gasteiger partial charge is 0.489 e. The van der Waals surface area contributed by atoms with Gasteiger partial charge in [0.1, 0.15) is 18.2 Å². The van der Waals surface area contributed by atoms with Crippen molar-refractivity contribution in [3.63, 3.8) is 0 Å². The molecule has 1 N–H and O–H groups in total. The molecule has 0 fully saturated rings. The normalized spacial score (nSPS) is 11.4. The number of anilines is 1. The zero-order valence-electron chi connectivity index (χ0n) is 16.9. The SMILES string of the molecule is COCCOc1ccc(C(F)(F)F)cc1NC(=O)CCc1nc(-c2ccc(F)cc2)no1. The van der Waals surface area contributed by atoms with Crippen LogP contribution >= 0.6 is 0 Å². The van der Waals surface area contributed by atoms with Crippen LogP contribution in [0.2, 0.25) is 0 Å². The molecule has 0 aliphatic carbocycles. The van der Waals surface area contributed by atoms with Crippen LogP contribution in [-0.2, 0) is 22.1 Å². The first-order chi connectivity index (χ1) is 15.3. The second kappa shape index (κ2) is 10.2. The molecule has 3 aromatic rings. The topological polar surface area (TPSA) is 86.5 Å². The number of carbonyl (C=O) groups excluding carboxylic acids is 1.